The number of methoxy groups -OCH3 is 1. The Labute approximate surface area is 155 Å². The minimum Gasteiger partial charge on any atom is -0.465 e. The number of carbonyl (C=O) groups excluding carboxylic acids is 1. The molecule has 0 aliphatic heterocycles. The fraction of sp³-hybridized carbons (Fsp3) is 0.263. The summed E-state index contributed by atoms with van der Waals surface area (Å²) in [6.45, 7) is 1.94. The van der Waals surface area contributed by atoms with Crippen molar-refractivity contribution in [3.63, 3.8) is 0 Å². The summed E-state index contributed by atoms with van der Waals surface area (Å²) in [5.41, 5.74) is 1.53. The number of aromatic nitrogens is 3. The third kappa shape index (κ3) is 2.99. The van der Waals surface area contributed by atoms with E-state index in [-0.39, 0.29) is 5.65 Å². The van der Waals surface area contributed by atoms with Crippen molar-refractivity contribution in [1.82, 2.24) is 14.1 Å². The summed E-state index contributed by atoms with van der Waals surface area (Å²) < 4.78 is 7.20. The number of rotatable bonds is 4. The molecule has 2 heterocycles. The summed E-state index contributed by atoms with van der Waals surface area (Å²) in [6.07, 6.45) is 2.24. The Kier molecular flexibility index (Phi) is 4.81. The average Bonchev–Trinajstić information content (AvgIpc) is 2.70. The zero-order chi connectivity index (χ0) is 19.7. The van der Waals surface area contributed by atoms with Gasteiger partial charge in [-0.25, -0.2) is 14.6 Å². The minimum atomic E-state index is -0.491. The first-order valence-electron chi connectivity index (χ1n) is 8.42. The Morgan fingerprint density at radius 2 is 1.89 bits per heavy atom. The van der Waals surface area contributed by atoms with Crippen molar-refractivity contribution in [2.24, 2.45) is 14.1 Å². The topological polar surface area (TPSA) is 95.2 Å². The van der Waals surface area contributed by atoms with Gasteiger partial charge in [-0.15, -0.1) is 0 Å². The Balaban J connectivity index is 2.34. The Morgan fingerprint density at radius 3 is 2.56 bits per heavy atom. The maximum Gasteiger partial charge on any atom is 0.339 e. The standard InChI is InChI=1S/C19H20N4O4/c1-5-11-10-20-16-14(17(24)23(3)19(26)22(16)2)15(11)21-13-9-7-6-8-12(13)18(25)27-4/h6-10H,5H2,1-4H3,(H,20,21). The molecule has 1 aromatic carbocycles. The predicted molar refractivity (Wildman–Crippen MR) is 103 cm³/mol. The van der Waals surface area contributed by atoms with Crippen LogP contribution in [0, 0.1) is 0 Å². The molecule has 27 heavy (non-hydrogen) atoms. The lowest BCUT2D eigenvalue weighted by molar-refractivity contribution is 0.0602. The Bertz CT molecular complexity index is 1160. The third-order valence-corrected chi connectivity index (χ3v) is 4.52. The van der Waals surface area contributed by atoms with E-state index in [2.05, 4.69) is 10.3 Å². The highest BCUT2D eigenvalue weighted by Gasteiger charge is 2.19. The largest absolute Gasteiger partial charge is 0.465 e. The summed E-state index contributed by atoms with van der Waals surface area (Å²) in [5, 5.41) is 3.49. The predicted octanol–water partition coefficient (Wildman–Crippen LogP) is 1.72. The minimum absolute atomic E-state index is 0.276. The number of nitrogens with zero attached hydrogens (tertiary/aromatic N) is 3. The Morgan fingerprint density at radius 1 is 1.19 bits per heavy atom. The van der Waals surface area contributed by atoms with Gasteiger partial charge in [0.2, 0.25) is 0 Å². The summed E-state index contributed by atoms with van der Waals surface area (Å²) in [4.78, 5) is 41.4. The average molecular weight is 368 g/mol. The number of hydrogen-bond donors (Lipinski definition) is 1. The van der Waals surface area contributed by atoms with Crippen molar-refractivity contribution in [3.8, 4) is 0 Å². The molecule has 0 radical (unpaired) electrons. The zero-order valence-corrected chi connectivity index (χ0v) is 15.6. The van der Waals surface area contributed by atoms with E-state index in [4.69, 9.17) is 4.74 Å². The number of esters is 1. The van der Waals surface area contributed by atoms with Gasteiger partial charge in [-0.3, -0.25) is 13.9 Å². The van der Waals surface area contributed by atoms with Crippen LogP contribution < -0.4 is 16.6 Å². The second-order valence-electron chi connectivity index (χ2n) is 6.08. The quantitative estimate of drug-likeness (QED) is 0.705. The van der Waals surface area contributed by atoms with Crippen molar-refractivity contribution in [1.29, 1.82) is 0 Å². The number of benzene rings is 1. The second-order valence-corrected chi connectivity index (χ2v) is 6.08. The zero-order valence-electron chi connectivity index (χ0n) is 15.6. The normalized spacial score (nSPS) is 10.8. The molecule has 0 aliphatic rings. The Hall–Kier alpha value is -3.42. The summed E-state index contributed by atoms with van der Waals surface area (Å²) in [5.74, 6) is -0.491. The van der Waals surface area contributed by atoms with Crippen molar-refractivity contribution >= 4 is 28.4 Å². The van der Waals surface area contributed by atoms with E-state index in [0.29, 0.717) is 28.7 Å². The van der Waals surface area contributed by atoms with Crippen molar-refractivity contribution < 1.29 is 9.53 Å². The number of pyridine rings is 1. The molecule has 8 heteroatoms. The number of para-hydroxylation sites is 1. The molecule has 0 atom stereocenters. The van der Waals surface area contributed by atoms with Crippen LogP contribution in [0.15, 0.2) is 40.1 Å². The van der Waals surface area contributed by atoms with Crippen LogP contribution in [-0.4, -0.2) is 27.2 Å². The number of carbonyl (C=O) groups is 1. The van der Waals surface area contributed by atoms with Crippen LogP contribution in [0.2, 0.25) is 0 Å². The van der Waals surface area contributed by atoms with Gasteiger partial charge in [0, 0.05) is 20.3 Å². The van der Waals surface area contributed by atoms with Gasteiger partial charge in [0.05, 0.1) is 24.0 Å². The molecular formula is C19H20N4O4. The van der Waals surface area contributed by atoms with Crippen LogP contribution in [-0.2, 0) is 25.3 Å². The first-order valence-corrected chi connectivity index (χ1v) is 8.42. The monoisotopic (exact) mass is 368 g/mol. The molecule has 140 valence electrons. The SMILES string of the molecule is CCc1cnc2c(c1Nc1ccccc1C(=O)OC)c(=O)n(C)c(=O)n2C. The first kappa shape index (κ1) is 18.4. The van der Waals surface area contributed by atoms with Crippen LogP contribution in [0.5, 0.6) is 0 Å². The summed E-state index contributed by atoms with van der Waals surface area (Å²) >= 11 is 0. The fourth-order valence-corrected chi connectivity index (χ4v) is 2.99. The highest BCUT2D eigenvalue weighted by Crippen LogP contribution is 2.28. The highest BCUT2D eigenvalue weighted by molar-refractivity contribution is 5.99. The van der Waals surface area contributed by atoms with Crippen molar-refractivity contribution in [2.45, 2.75) is 13.3 Å². The number of anilines is 2. The van der Waals surface area contributed by atoms with E-state index >= 15 is 0 Å². The molecule has 0 bridgehead atoms. The third-order valence-electron chi connectivity index (χ3n) is 4.52. The van der Waals surface area contributed by atoms with Gasteiger partial charge in [0.15, 0.2) is 5.65 Å². The highest BCUT2D eigenvalue weighted by atomic mass is 16.5. The van der Waals surface area contributed by atoms with E-state index in [1.54, 1.807) is 37.5 Å². The van der Waals surface area contributed by atoms with E-state index in [0.717, 1.165) is 10.1 Å². The second kappa shape index (κ2) is 7.06. The molecule has 0 saturated carbocycles. The molecule has 0 aliphatic carbocycles. The maximum absolute atomic E-state index is 12.8. The van der Waals surface area contributed by atoms with Gasteiger partial charge in [-0.05, 0) is 24.1 Å². The molecular weight excluding hydrogens is 348 g/mol. The van der Waals surface area contributed by atoms with E-state index in [1.807, 2.05) is 6.92 Å². The molecule has 2 aromatic heterocycles. The maximum atomic E-state index is 12.8. The van der Waals surface area contributed by atoms with E-state index < -0.39 is 17.2 Å². The van der Waals surface area contributed by atoms with Gasteiger partial charge in [-0.1, -0.05) is 19.1 Å². The van der Waals surface area contributed by atoms with Crippen molar-refractivity contribution in [2.75, 3.05) is 12.4 Å². The molecule has 0 unspecified atom stereocenters. The molecule has 8 nitrogen and oxygen atoms in total. The van der Waals surface area contributed by atoms with Gasteiger partial charge in [0.25, 0.3) is 5.56 Å². The summed E-state index contributed by atoms with van der Waals surface area (Å²) in [7, 11) is 4.30. The van der Waals surface area contributed by atoms with Crippen LogP contribution in [0.1, 0.15) is 22.8 Å². The summed E-state index contributed by atoms with van der Waals surface area (Å²) in [6, 6.07) is 6.87. The number of aryl methyl sites for hydroxylation is 2. The van der Waals surface area contributed by atoms with Gasteiger partial charge >= 0.3 is 11.7 Å². The molecule has 0 spiro atoms. The number of fused-ring (bicyclic) bond motifs is 1. The molecule has 0 amide bonds. The lowest BCUT2D eigenvalue weighted by Gasteiger charge is -2.17. The van der Waals surface area contributed by atoms with Crippen LogP contribution >= 0.6 is 0 Å². The smallest absolute Gasteiger partial charge is 0.339 e. The van der Waals surface area contributed by atoms with E-state index in [1.165, 1.54) is 18.7 Å². The number of nitrogens with one attached hydrogen (secondary N) is 1. The lowest BCUT2D eigenvalue weighted by Crippen LogP contribution is -2.37. The molecule has 3 aromatic rings. The van der Waals surface area contributed by atoms with Gasteiger partial charge < -0.3 is 10.1 Å². The molecule has 0 saturated heterocycles. The molecule has 1 N–H and O–H groups in total. The van der Waals surface area contributed by atoms with Crippen molar-refractivity contribution in [3.05, 3.63) is 62.4 Å². The molecule has 3 rings (SSSR count). The lowest BCUT2D eigenvalue weighted by atomic mass is 10.1. The number of hydrogen-bond acceptors (Lipinski definition) is 6. The first-order chi connectivity index (χ1) is 12.9. The van der Waals surface area contributed by atoms with Gasteiger partial charge in [-0.2, -0.15) is 0 Å². The van der Waals surface area contributed by atoms with Crippen LogP contribution in [0.4, 0.5) is 11.4 Å². The number of ether oxygens (including phenoxy) is 1. The van der Waals surface area contributed by atoms with E-state index in [9.17, 15) is 14.4 Å². The van der Waals surface area contributed by atoms with Crippen LogP contribution in [0.3, 0.4) is 0 Å². The molecule has 0 fully saturated rings. The van der Waals surface area contributed by atoms with Crippen LogP contribution in [0.25, 0.3) is 11.0 Å². The van der Waals surface area contributed by atoms with Gasteiger partial charge in [0.1, 0.15) is 5.39 Å². The fourth-order valence-electron chi connectivity index (χ4n) is 2.99.